The van der Waals surface area contributed by atoms with E-state index < -0.39 is 34.8 Å². The van der Waals surface area contributed by atoms with Gasteiger partial charge >= 0.3 is 0 Å². The summed E-state index contributed by atoms with van der Waals surface area (Å²) in [7, 11) is 0. The SMILES string of the molecule is NCC1C(F)=C(Cl)C(F)=CC1(F)CN. The second kappa shape index (κ2) is 3.92. The fourth-order valence-corrected chi connectivity index (χ4v) is 1.54. The first kappa shape index (κ1) is 11.6. The molecule has 1 aliphatic carbocycles. The molecule has 4 N–H and O–H groups in total. The average molecular weight is 227 g/mol. The van der Waals surface area contributed by atoms with Crippen LogP contribution in [0.1, 0.15) is 0 Å². The molecule has 0 heterocycles. The van der Waals surface area contributed by atoms with Gasteiger partial charge < -0.3 is 11.5 Å². The number of hydrogen-bond acceptors (Lipinski definition) is 2. The van der Waals surface area contributed by atoms with Gasteiger partial charge in [-0.15, -0.1) is 0 Å². The van der Waals surface area contributed by atoms with E-state index in [1.165, 1.54) is 0 Å². The highest BCUT2D eigenvalue weighted by atomic mass is 35.5. The van der Waals surface area contributed by atoms with E-state index in [2.05, 4.69) is 0 Å². The summed E-state index contributed by atoms with van der Waals surface area (Å²) in [6.45, 7) is -0.862. The first-order chi connectivity index (χ1) is 6.46. The molecule has 0 aromatic heterocycles. The van der Waals surface area contributed by atoms with Gasteiger partial charge in [0.2, 0.25) is 0 Å². The van der Waals surface area contributed by atoms with E-state index in [0.717, 1.165) is 0 Å². The van der Waals surface area contributed by atoms with Gasteiger partial charge in [-0.3, -0.25) is 0 Å². The lowest BCUT2D eigenvalue weighted by atomic mass is 9.84. The molecule has 2 atom stereocenters. The minimum atomic E-state index is -2.29. The normalized spacial score (nSPS) is 33.3. The molecular weight excluding hydrogens is 217 g/mol. The molecule has 2 unspecified atom stereocenters. The van der Waals surface area contributed by atoms with Crippen molar-refractivity contribution < 1.29 is 13.2 Å². The first-order valence-corrected chi connectivity index (χ1v) is 4.37. The second-order valence-corrected chi connectivity index (χ2v) is 3.45. The third-order valence-corrected chi connectivity index (χ3v) is 2.58. The van der Waals surface area contributed by atoms with Gasteiger partial charge in [0, 0.05) is 13.1 Å². The van der Waals surface area contributed by atoms with Crippen LogP contribution < -0.4 is 11.5 Å². The average Bonchev–Trinajstić information content (AvgIpc) is 2.15. The smallest absolute Gasteiger partial charge is 0.154 e. The van der Waals surface area contributed by atoms with Gasteiger partial charge in [0.1, 0.15) is 16.7 Å². The Kier molecular flexibility index (Phi) is 3.24. The molecule has 6 heteroatoms. The summed E-state index contributed by atoms with van der Waals surface area (Å²) in [6.07, 6.45) is 0.579. The maximum Gasteiger partial charge on any atom is 0.154 e. The van der Waals surface area contributed by atoms with Crippen LogP contribution in [-0.2, 0) is 0 Å². The van der Waals surface area contributed by atoms with Crippen LogP contribution in [0.25, 0.3) is 0 Å². The Balaban J connectivity index is 3.17. The highest BCUT2D eigenvalue weighted by molar-refractivity contribution is 6.32. The lowest BCUT2D eigenvalue weighted by Crippen LogP contribution is -2.45. The van der Waals surface area contributed by atoms with Gasteiger partial charge in [-0.25, -0.2) is 13.2 Å². The van der Waals surface area contributed by atoms with Crippen molar-refractivity contribution >= 4 is 11.6 Å². The molecule has 2 nitrogen and oxygen atoms in total. The molecule has 0 saturated carbocycles. The molecule has 0 aliphatic heterocycles. The molecule has 0 saturated heterocycles. The fraction of sp³-hybridized carbons (Fsp3) is 0.500. The monoisotopic (exact) mass is 226 g/mol. The van der Waals surface area contributed by atoms with Crippen molar-refractivity contribution in [2.75, 3.05) is 13.1 Å². The standard InChI is InChI=1S/C8H10ClF3N2/c9-6-5(10)1-8(12,3-14)4(2-13)7(6)11/h1,4H,2-3,13-14H2. The maximum absolute atomic E-state index is 13.8. The molecule has 0 spiro atoms. The van der Waals surface area contributed by atoms with E-state index in [9.17, 15) is 13.2 Å². The molecule has 0 aromatic carbocycles. The fourth-order valence-electron chi connectivity index (χ4n) is 1.35. The number of alkyl halides is 1. The predicted molar refractivity (Wildman–Crippen MR) is 48.6 cm³/mol. The Morgan fingerprint density at radius 1 is 1.43 bits per heavy atom. The van der Waals surface area contributed by atoms with Gasteiger partial charge in [0.05, 0.1) is 5.92 Å². The van der Waals surface area contributed by atoms with Gasteiger partial charge in [0.25, 0.3) is 0 Å². The van der Waals surface area contributed by atoms with Gasteiger partial charge in [-0.1, -0.05) is 11.6 Å². The van der Waals surface area contributed by atoms with Crippen molar-refractivity contribution in [2.24, 2.45) is 17.4 Å². The summed E-state index contributed by atoms with van der Waals surface area (Å²) < 4.78 is 40.0. The summed E-state index contributed by atoms with van der Waals surface area (Å²) in [5, 5.41) is -0.720. The zero-order chi connectivity index (χ0) is 10.9. The molecular formula is C8H10ClF3N2. The summed E-state index contributed by atoms with van der Waals surface area (Å²) in [4.78, 5) is 0. The molecule has 0 bridgehead atoms. The van der Waals surface area contributed by atoms with Crippen molar-refractivity contribution in [2.45, 2.75) is 5.67 Å². The molecule has 0 fully saturated rings. The van der Waals surface area contributed by atoms with Gasteiger partial charge in [0.15, 0.2) is 5.67 Å². The number of halogens is 4. The molecule has 1 rings (SSSR count). The van der Waals surface area contributed by atoms with E-state index in [4.69, 9.17) is 23.1 Å². The number of allylic oxidation sites excluding steroid dienone is 2. The molecule has 0 amide bonds. The van der Waals surface area contributed by atoms with Crippen LogP contribution in [0, 0.1) is 5.92 Å². The third kappa shape index (κ3) is 1.67. The van der Waals surface area contributed by atoms with Crippen LogP contribution in [0.15, 0.2) is 22.8 Å². The van der Waals surface area contributed by atoms with Crippen LogP contribution in [0.4, 0.5) is 13.2 Å². The molecule has 14 heavy (non-hydrogen) atoms. The van der Waals surface area contributed by atoms with Crippen molar-refractivity contribution in [1.82, 2.24) is 0 Å². The highest BCUT2D eigenvalue weighted by Gasteiger charge is 2.43. The Bertz CT molecular complexity index is 303. The number of rotatable bonds is 2. The Morgan fingerprint density at radius 3 is 2.43 bits per heavy atom. The summed E-state index contributed by atoms with van der Waals surface area (Å²) in [6, 6.07) is 0. The lowest BCUT2D eigenvalue weighted by molar-refractivity contribution is 0.147. The van der Waals surface area contributed by atoms with Crippen LogP contribution in [0.2, 0.25) is 0 Å². The first-order valence-electron chi connectivity index (χ1n) is 3.99. The second-order valence-electron chi connectivity index (χ2n) is 3.07. The summed E-state index contributed by atoms with van der Waals surface area (Å²) in [5.74, 6) is -3.52. The van der Waals surface area contributed by atoms with Gasteiger partial charge in [-0.2, -0.15) is 0 Å². The highest BCUT2D eigenvalue weighted by Crippen LogP contribution is 2.40. The maximum atomic E-state index is 13.8. The Labute approximate surface area is 84.4 Å². The van der Waals surface area contributed by atoms with Crippen molar-refractivity contribution in [1.29, 1.82) is 0 Å². The molecule has 0 radical (unpaired) electrons. The zero-order valence-corrected chi connectivity index (χ0v) is 7.99. The lowest BCUT2D eigenvalue weighted by Gasteiger charge is -2.31. The van der Waals surface area contributed by atoms with Crippen molar-refractivity contribution in [3.05, 3.63) is 22.8 Å². The van der Waals surface area contributed by atoms with E-state index in [1.54, 1.807) is 0 Å². The summed E-state index contributed by atoms with van der Waals surface area (Å²) in [5.41, 5.74) is 7.98. The van der Waals surface area contributed by atoms with Crippen LogP contribution in [0.3, 0.4) is 0 Å². The van der Waals surface area contributed by atoms with E-state index in [0.29, 0.717) is 6.08 Å². The van der Waals surface area contributed by atoms with E-state index >= 15 is 0 Å². The Hall–Kier alpha value is -0.520. The summed E-state index contributed by atoms with van der Waals surface area (Å²) >= 11 is 5.27. The van der Waals surface area contributed by atoms with Gasteiger partial charge in [-0.05, 0) is 6.08 Å². The minimum Gasteiger partial charge on any atom is -0.330 e. The zero-order valence-electron chi connectivity index (χ0n) is 7.24. The number of nitrogens with two attached hydrogens (primary N) is 2. The molecule has 0 aromatic rings. The van der Waals surface area contributed by atoms with E-state index in [-0.39, 0.29) is 6.54 Å². The third-order valence-electron chi connectivity index (χ3n) is 2.22. The quantitative estimate of drug-likeness (QED) is 0.750. The van der Waals surface area contributed by atoms with Crippen LogP contribution in [0.5, 0.6) is 0 Å². The Morgan fingerprint density at radius 2 is 2.00 bits per heavy atom. The van der Waals surface area contributed by atoms with Crippen molar-refractivity contribution in [3.63, 3.8) is 0 Å². The van der Waals surface area contributed by atoms with Crippen LogP contribution in [-0.4, -0.2) is 18.8 Å². The molecule has 1 aliphatic rings. The van der Waals surface area contributed by atoms with E-state index in [1.807, 2.05) is 0 Å². The predicted octanol–water partition coefficient (Wildman–Crippen LogP) is 1.52. The topological polar surface area (TPSA) is 52.0 Å². The largest absolute Gasteiger partial charge is 0.330 e. The minimum absolute atomic E-state index is 0.320. The molecule has 80 valence electrons. The van der Waals surface area contributed by atoms with Crippen LogP contribution >= 0.6 is 11.6 Å². The van der Waals surface area contributed by atoms with Crippen molar-refractivity contribution in [3.8, 4) is 0 Å². The number of hydrogen-bond donors (Lipinski definition) is 2.